The highest BCUT2D eigenvalue weighted by Gasteiger charge is 2.03. The Bertz CT molecular complexity index is 660. The Balaban J connectivity index is 2.14. The van der Waals surface area contributed by atoms with Crippen molar-refractivity contribution in [3.05, 3.63) is 59.4 Å². The number of benzene rings is 1. The summed E-state index contributed by atoms with van der Waals surface area (Å²) < 4.78 is 0. The molecular weight excluding hydrogens is 264 g/mol. The van der Waals surface area contributed by atoms with Crippen LogP contribution in [0, 0.1) is 13.8 Å². The molecule has 0 saturated heterocycles. The fourth-order valence-electron chi connectivity index (χ4n) is 1.97. The number of anilines is 1. The molecule has 0 amide bonds. The lowest BCUT2D eigenvalue weighted by atomic mass is 10.1. The summed E-state index contributed by atoms with van der Waals surface area (Å²) in [7, 11) is 0. The Morgan fingerprint density at radius 2 is 2.00 bits per heavy atom. The molecule has 1 aromatic carbocycles. The lowest BCUT2D eigenvalue weighted by Crippen LogP contribution is -2.00. The fourth-order valence-corrected chi connectivity index (χ4v) is 1.97. The SMILES string of the molecule is C=CCc1cccc(C=NNc2nc(C)cc(C)n2)c1O. The summed E-state index contributed by atoms with van der Waals surface area (Å²) >= 11 is 0. The van der Waals surface area contributed by atoms with E-state index in [-0.39, 0.29) is 5.75 Å². The number of aromatic hydroxyl groups is 1. The summed E-state index contributed by atoms with van der Waals surface area (Å²) in [5.41, 5.74) is 5.96. The van der Waals surface area contributed by atoms with Gasteiger partial charge in [-0.15, -0.1) is 6.58 Å². The summed E-state index contributed by atoms with van der Waals surface area (Å²) in [5.74, 6) is 0.648. The number of hydrogen-bond donors (Lipinski definition) is 2. The monoisotopic (exact) mass is 282 g/mol. The predicted molar refractivity (Wildman–Crippen MR) is 84.7 cm³/mol. The molecule has 0 saturated carbocycles. The summed E-state index contributed by atoms with van der Waals surface area (Å²) in [6.07, 6.45) is 3.90. The van der Waals surface area contributed by atoms with E-state index in [1.807, 2.05) is 32.0 Å². The number of para-hydroxylation sites is 1. The second kappa shape index (κ2) is 6.65. The molecule has 0 aliphatic carbocycles. The first kappa shape index (κ1) is 14.7. The van der Waals surface area contributed by atoms with Gasteiger partial charge in [-0.05, 0) is 38.0 Å². The van der Waals surface area contributed by atoms with Gasteiger partial charge in [0.25, 0.3) is 0 Å². The second-order valence-electron chi connectivity index (χ2n) is 4.69. The minimum absolute atomic E-state index is 0.212. The average Bonchev–Trinajstić information content (AvgIpc) is 2.42. The lowest BCUT2D eigenvalue weighted by Gasteiger charge is -2.05. The van der Waals surface area contributed by atoms with Crippen LogP contribution < -0.4 is 5.43 Å². The van der Waals surface area contributed by atoms with Crippen LogP contribution in [-0.4, -0.2) is 21.3 Å². The van der Waals surface area contributed by atoms with Crippen LogP contribution >= 0.6 is 0 Å². The number of phenols is 1. The van der Waals surface area contributed by atoms with Crippen LogP contribution in [0.5, 0.6) is 5.75 Å². The molecule has 1 aromatic heterocycles. The second-order valence-corrected chi connectivity index (χ2v) is 4.69. The summed E-state index contributed by atoms with van der Waals surface area (Å²) in [4.78, 5) is 8.45. The first-order valence-corrected chi connectivity index (χ1v) is 6.63. The van der Waals surface area contributed by atoms with Crippen molar-refractivity contribution in [2.45, 2.75) is 20.3 Å². The number of nitrogens with one attached hydrogen (secondary N) is 1. The van der Waals surface area contributed by atoms with E-state index in [9.17, 15) is 5.11 Å². The summed E-state index contributed by atoms with van der Waals surface area (Å²) in [5, 5.41) is 14.2. The summed E-state index contributed by atoms with van der Waals surface area (Å²) in [6, 6.07) is 7.40. The van der Waals surface area contributed by atoms with Crippen molar-refractivity contribution in [3.8, 4) is 5.75 Å². The van der Waals surface area contributed by atoms with Crippen LogP contribution in [0.3, 0.4) is 0 Å². The zero-order chi connectivity index (χ0) is 15.2. The zero-order valence-electron chi connectivity index (χ0n) is 12.2. The van der Waals surface area contributed by atoms with Crippen molar-refractivity contribution >= 4 is 12.2 Å². The van der Waals surface area contributed by atoms with Gasteiger partial charge >= 0.3 is 0 Å². The molecule has 2 aromatic rings. The van der Waals surface area contributed by atoms with Crippen LogP contribution in [0.2, 0.25) is 0 Å². The maximum Gasteiger partial charge on any atom is 0.243 e. The molecule has 0 unspecified atom stereocenters. The highest BCUT2D eigenvalue weighted by atomic mass is 16.3. The third-order valence-corrected chi connectivity index (χ3v) is 2.87. The Morgan fingerprint density at radius 1 is 1.29 bits per heavy atom. The molecule has 0 aliphatic rings. The fraction of sp³-hybridized carbons (Fsp3) is 0.188. The molecule has 5 nitrogen and oxygen atoms in total. The molecule has 108 valence electrons. The molecule has 1 heterocycles. The Hall–Kier alpha value is -2.69. The third kappa shape index (κ3) is 3.89. The number of rotatable bonds is 5. The Labute approximate surface area is 124 Å². The van der Waals surface area contributed by atoms with E-state index in [1.165, 1.54) is 0 Å². The maximum atomic E-state index is 10.1. The zero-order valence-corrected chi connectivity index (χ0v) is 12.2. The smallest absolute Gasteiger partial charge is 0.243 e. The molecule has 0 spiro atoms. The first-order valence-electron chi connectivity index (χ1n) is 6.63. The van der Waals surface area contributed by atoms with Crippen LogP contribution in [0.4, 0.5) is 5.95 Å². The number of hydrazone groups is 1. The van der Waals surface area contributed by atoms with Gasteiger partial charge in [0.05, 0.1) is 6.21 Å². The maximum absolute atomic E-state index is 10.1. The van der Waals surface area contributed by atoms with E-state index in [0.717, 1.165) is 17.0 Å². The normalized spacial score (nSPS) is 10.8. The molecule has 0 aliphatic heterocycles. The highest BCUT2D eigenvalue weighted by Crippen LogP contribution is 2.21. The van der Waals surface area contributed by atoms with Crippen LogP contribution in [0.15, 0.2) is 42.0 Å². The van der Waals surface area contributed by atoms with Gasteiger partial charge in [0, 0.05) is 17.0 Å². The van der Waals surface area contributed by atoms with E-state index in [4.69, 9.17) is 0 Å². The van der Waals surface area contributed by atoms with Crippen molar-refractivity contribution in [1.29, 1.82) is 0 Å². The highest BCUT2D eigenvalue weighted by molar-refractivity contribution is 5.84. The van der Waals surface area contributed by atoms with Gasteiger partial charge in [-0.2, -0.15) is 5.10 Å². The van der Waals surface area contributed by atoms with Crippen molar-refractivity contribution in [2.75, 3.05) is 5.43 Å². The number of phenolic OH excluding ortho intramolecular Hbond substituents is 1. The van der Waals surface area contributed by atoms with E-state index >= 15 is 0 Å². The standard InChI is InChI=1S/C16H18N4O/c1-4-6-13-7-5-8-14(15(13)21)10-17-20-16-18-11(2)9-12(3)19-16/h4-5,7-10,21H,1,6H2,2-3H3,(H,18,19,20). The molecule has 0 bridgehead atoms. The molecule has 0 fully saturated rings. The summed E-state index contributed by atoms with van der Waals surface area (Å²) in [6.45, 7) is 7.47. The molecule has 0 atom stereocenters. The van der Waals surface area contributed by atoms with E-state index < -0.39 is 0 Å². The van der Waals surface area contributed by atoms with Crippen LogP contribution in [-0.2, 0) is 6.42 Å². The minimum atomic E-state index is 0.212. The number of nitrogens with zero attached hydrogens (tertiary/aromatic N) is 3. The average molecular weight is 282 g/mol. The van der Waals surface area contributed by atoms with E-state index in [2.05, 4.69) is 27.1 Å². The number of aryl methyl sites for hydroxylation is 2. The van der Waals surface area contributed by atoms with Crippen molar-refractivity contribution in [1.82, 2.24) is 9.97 Å². The molecule has 5 heteroatoms. The van der Waals surface area contributed by atoms with Crippen molar-refractivity contribution in [3.63, 3.8) is 0 Å². The van der Waals surface area contributed by atoms with Gasteiger partial charge in [-0.25, -0.2) is 15.4 Å². The lowest BCUT2D eigenvalue weighted by molar-refractivity contribution is 0.469. The number of aromatic nitrogens is 2. The molecular formula is C16H18N4O. The molecule has 21 heavy (non-hydrogen) atoms. The van der Waals surface area contributed by atoms with Crippen molar-refractivity contribution in [2.24, 2.45) is 5.10 Å². The minimum Gasteiger partial charge on any atom is -0.507 e. The molecule has 2 rings (SSSR count). The predicted octanol–water partition coefficient (Wildman–Crippen LogP) is 2.97. The van der Waals surface area contributed by atoms with E-state index in [0.29, 0.717) is 17.9 Å². The number of hydrogen-bond acceptors (Lipinski definition) is 5. The van der Waals surface area contributed by atoms with Gasteiger partial charge in [0.15, 0.2) is 0 Å². The van der Waals surface area contributed by atoms with Crippen LogP contribution in [0.1, 0.15) is 22.5 Å². The Kier molecular flexibility index (Phi) is 4.66. The van der Waals surface area contributed by atoms with Gasteiger partial charge in [-0.3, -0.25) is 0 Å². The largest absolute Gasteiger partial charge is 0.507 e. The van der Waals surface area contributed by atoms with Crippen LogP contribution in [0.25, 0.3) is 0 Å². The van der Waals surface area contributed by atoms with Gasteiger partial charge < -0.3 is 5.11 Å². The van der Waals surface area contributed by atoms with Crippen molar-refractivity contribution < 1.29 is 5.11 Å². The molecule has 2 N–H and O–H groups in total. The van der Waals surface area contributed by atoms with Gasteiger partial charge in [0.2, 0.25) is 5.95 Å². The topological polar surface area (TPSA) is 70.4 Å². The third-order valence-electron chi connectivity index (χ3n) is 2.87. The number of allylic oxidation sites excluding steroid dienone is 1. The first-order chi connectivity index (χ1) is 10.1. The quantitative estimate of drug-likeness (QED) is 0.502. The Morgan fingerprint density at radius 3 is 2.67 bits per heavy atom. The molecule has 0 radical (unpaired) electrons. The van der Waals surface area contributed by atoms with Gasteiger partial charge in [-0.1, -0.05) is 18.2 Å². The van der Waals surface area contributed by atoms with E-state index in [1.54, 1.807) is 18.4 Å². The van der Waals surface area contributed by atoms with Gasteiger partial charge in [0.1, 0.15) is 5.75 Å².